The van der Waals surface area contributed by atoms with Gasteiger partial charge < -0.3 is 9.84 Å². The molecular formula is C16H21NO4. The second-order valence-corrected chi connectivity index (χ2v) is 5.36. The Kier molecular flexibility index (Phi) is 5.20. The van der Waals surface area contributed by atoms with E-state index in [2.05, 4.69) is 12.1 Å². The van der Waals surface area contributed by atoms with Crippen molar-refractivity contribution in [2.45, 2.75) is 44.8 Å². The first-order chi connectivity index (χ1) is 10.1. The third-order valence-corrected chi connectivity index (χ3v) is 3.78. The van der Waals surface area contributed by atoms with Crippen LogP contribution < -0.4 is 0 Å². The summed E-state index contributed by atoms with van der Waals surface area (Å²) >= 11 is 0. The van der Waals surface area contributed by atoms with Crippen molar-refractivity contribution in [3.05, 3.63) is 35.9 Å². The number of ether oxygens (including phenoxy) is 1. The highest BCUT2D eigenvalue weighted by Crippen LogP contribution is 2.21. The van der Waals surface area contributed by atoms with Crippen LogP contribution in [0.15, 0.2) is 30.3 Å². The Bertz CT molecular complexity index is 488. The molecule has 1 N–H and O–H groups in total. The van der Waals surface area contributed by atoms with Crippen LogP contribution in [0.5, 0.6) is 0 Å². The highest BCUT2D eigenvalue weighted by Gasteiger charge is 2.45. The molecule has 21 heavy (non-hydrogen) atoms. The Morgan fingerprint density at radius 2 is 1.95 bits per heavy atom. The lowest BCUT2D eigenvalue weighted by molar-refractivity contribution is -0.183. The summed E-state index contributed by atoms with van der Waals surface area (Å²) in [5, 5.41) is 9.20. The number of hydrogen-bond acceptors (Lipinski definition) is 3. The molecule has 2 atom stereocenters. The number of carbonyl (C=O) groups excluding carboxylic acids is 1. The van der Waals surface area contributed by atoms with E-state index in [9.17, 15) is 14.7 Å². The van der Waals surface area contributed by atoms with Crippen molar-refractivity contribution >= 4 is 12.1 Å². The molecular weight excluding hydrogens is 270 g/mol. The maximum absolute atomic E-state index is 11.3. The molecule has 1 aliphatic rings. The van der Waals surface area contributed by atoms with Gasteiger partial charge in [0.05, 0.1) is 0 Å². The number of rotatable bonds is 7. The number of nitrogens with zero attached hydrogens (tertiary/aromatic N) is 1. The van der Waals surface area contributed by atoms with E-state index in [1.807, 2.05) is 18.2 Å². The van der Waals surface area contributed by atoms with E-state index in [0.29, 0.717) is 6.54 Å². The second-order valence-electron chi connectivity index (χ2n) is 5.36. The maximum atomic E-state index is 11.3. The van der Waals surface area contributed by atoms with Crippen LogP contribution in [0.2, 0.25) is 0 Å². The fourth-order valence-electron chi connectivity index (χ4n) is 2.60. The van der Waals surface area contributed by atoms with Crippen molar-refractivity contribution < 1.29 is 19.4 Å². The molecule has 1 aromatic rings. The molecule has 5 nitrogen and oxygen atoms in total. The predicted molar refractivity (Wildman–Crippen MR) is 78.1 cm³/mol. The molecule has 1 fully saturated rings. The molecule has 2 rings (SSSR count). The van der Waals surface area contributed by atoms with Crippen LogP contribution in [-0.4, -0.2) is 40.8 Å². The van der Waals surface area contributed by atoms with Crippen molar-refractivity contribution in [2.24, 2.45) is 0 Å². The number of cyclic esters (lactones) is 1. The van der Waals surface area contributed by atoms with Gasteiger partial charge in [0.2, 0.25) is 0 Å². The average Bonchev–Trinajstić information content (AvgIpc) is 2.46. The number of carboxylic acid groups (broad SMARTS) is 1. The van der Waals surface area contributed by atoms with Gasteiger partial charge in [-0.1, -0.05) is 36.8 Å². The van der Waals surface area contributed by atoms with Crippen molar-refractivity contribution in [2.75, 3.05) is 6.54 Å². The summed E-state index contributed by atoms with van der Waals surface area (Å²) in [6.45, 7) is 2.10. The molecule has 1 aliphatic heterocycles. The number of unbranched alkanes of at least 4 members (excludes halogenated alkanes) is 2. The number of carbonyl (C=O) groups is 2. The highest BCUT2D eigenvalue weighted by atomic mass is 16.6. The van der Waals surface area contributed by atoms with E-state index in [1.54, 1.807) is 6.92 Å². The minimum absolute atomic E-state index is 0.335. The lowest BCUT2D eigenvalue weighted by Crippen LogP contribution is -2.60. The largest absolute Gasteiger partial charge is 0.465 e. The van der Waals surface area contributed by atoms with Gasteiger partial charge in [-0.2, -0.15) is 0 Å². The summed E-state index contributed by atoms with van der Waals surface area (Å²) in [5.41, 5.74) is 1.30. The van der Waals surface area contributed by atoms with Crippen LogP contribution in [0.25, 0.3) is 0 Å². The Morgan fingerprint density at radius 1 is 1.24 bits per heavy atom. The average molecular weight is 291 g/mol. The zero-order chi connectivity index (χ0) is 15.2. The monoisotopic (exact) mass is 291 g/mol. The van der Waals surface area contributed by atoms with Crippen molar-refractivity contribution in [1.82, 2.24) is 4.90 Å². The molecule has 1 saturated heterocycles. The minimum atomic E-state index is -1.05. The summed E-state index contributed by atoms with van der Waals surface area (Å²) in [4.78, 5) is 23.8. The number of esters is 1. The lowest BCUT2D eigenvalue weighted by atomic mass is 10.0. The Labute approximate surface area is 124 Å². The van der Waals surface area contributed by atoms with E-state index in [-0.39, 0.29) is 6.10 Å². The predicted octanol–water partition coefficient (Wildman–Crippen LogP) is 2.69. The number of aryl methyl sites for hydroxylation is 1. The summed E-state index contributed by atoms with van der Waals surface area (Å²) in [7, 11) is 0. The molecule has 0 radical (unpaired) electrons. The molecule has 0 bridgehead atoms. The fourth-order valence-corrected chi connectivity index (χ4v) is 2.60. The molecule has 0 saturated carbocycles. The number of benzene rings is 1. The highest BCUT2D eigenvalue weighted by molar-refractivity contribution is 5.85. The smallest absolute Gasteiger partial charge is 0.408 e. The molecule has 0 unspecified atom stereocenters. The first kappa shape index (κ1) is 15.4. The topological polar surface area (TPSA) is 66.8 Å². The van der Waals surface area contributed by atoms with E-state index >= 15 is 0 Å². The van der Waals surface area contributed by atoms with Crippen LogP contribution in [0, 0.1) is 0 Å². The molecule has 0 aliphatic carbocycles. The molecule has 1 heterocycles. The molecule has 1 aromatic carbocycles. The van der Waals surface area contributed by atoms with E-state index in [4.69, 9.17) is 4.74 Å². The van der Waals surface area contributed by atoms with Crippen LogP contribution in [0.1, 0.15) is 31.7 Å². The van der Waals surface area contributed by atoms with Gasteiger partial charge >= 0.3 is 12.1 Å². The summed E-state index contributed by atoms with van der Waals surface area (Å²) in [6.07, 6.45) is 2.33. The zero-order valence-corrected chi connectivity index (χ0v) is 12.2. The quantitative estimate of drug-likeness (QED) is 0.619. The van der Waals surface area contributed by atoms with Gasteiger partial charge in [0, 0.05) is 6.54 Å². The van der Waals surface area contributed by atoms with Gasteiger partial charge in [-0.25, -0.2) is 9.59 Å². The second kappa shape index (κ2) is 7.11. The third kappa shape index (κ3) is 3.97. The molecule has 0 aromatic heterocycles. The van der Waals surface area contributed by atoms with E-state index in [0.717, 1.165) is 25.7 Å². The molecule has 0 spiro atoms. The van der Waals surface area contributed by atoms with E-state index in [1.165, 1.54) is 10.5 Å². The van der Waals surface area contributed by atoms with Crippen molar-refractivity contribution in [3.63, 3.8) is 0 Å². The minimum Gasteiger partial charge on any atom is -0.465 e. The van der Waals surface area contributed by atoms with Gasteiger partial charge in [0.1, 0.15) is 6.10 Å². The van der Waals surface area contributed by atoms with Crippen LogP contribution in [0.4, 0.5) is 4.79 Å². The zero-order valence-electron chi connectivity index (χ0n) is 12.2. The Hall–Kier alpha value is -2.04. The summed E-state index contributed by atoms with van der Waals surface area (Å²) < 4.78 is 4.82. The van der Waals surface area contributed by atoms with Crippen LogP contribution in [0.3, 0.4) is 0 Å². The summed E-state index contributed by atoms with van der Waals surface area (Å²) in [5.74, 6) is -0.436. The SMILES string of the molecule is C[C@@H]1OC(=O)[C@H]1N(CCCCCc1ccccc1)C(=O)O. The number of hydrogen-bond donors (Lipinski definition) is 1. The Balaban J connectivity index is 1.71. The van der Waals surface area contributed by atoms with Gasteiger partial charge in [-0.05, 0) is 31.7 Å². The first-order valence-electron chi connectivity index (χ1n) is 7.33. The number of amides is 1. The first-order valence-corrected chi connectivity index (χ1v) is 7.33. The van der Waals surface area contributed by atoms with Crippen LogP contribution >= 0.6 is 0 Å². The van der Waals surface area contributed by atoms with Gasteiger partial charge in [-0.15, -0.1) is 0 Å². The summed E-state index contributed by atoms with van der Waals surface area (Å²) in [6, 6.07) is 9.59. The maximum Gasteiger partial charge on any atom is 0.408 e. The fraction of sp³-hybridized carbons (Fsp3) is 0.500. The normalized spacial score (nSPS) is 20.5. The third-order valence-electron chi connectivity index (χ3n) is 3.78. The Morgan fingerprint density at radius 3 is 2.52 bits per heavy atom. The standard InChI is InChI=1S/C16H21NO4/c1-12-14(15(18)21-12)17(16(19)20)11-7-3-6-10-13-8-4-2-5-9-13/h2,4-5,8-9,12,14H,3,6-7,10-11H2,1H3,(H,19,20)/t12-,14-/m0/s1. The molecule has 114 valence electrons. The van der Waals surface area contributed by atoms with E-state index < -0.39 is 18.1 Å². The lowest BCUT2D eigenvalue weighted by Gasteiger charge is -2.39. The van der Waals surface area contributed by atoms with Crippen molar-refractivity contribution in [1.29, 1.82) is 0 Å². The van der Waals surface area contributed by atoms with Crippen molar-refractivity contribution in [3.8, 4) is 0 Å². The molecule has 5 heteroatoms. The molecule has 1 amide bonds. The van der Waals surface area contributed by atoms with Gasteiger partial charge in [0.15, 0.2) is 6.04 Å². The van der Waals surface area contributed by atoms with Gasteiger partial charge in [0.25, 0.3) is 0 Å². The van der Waals surface area contributed by atoms with Gasteiger partial charge in [-0.3, -0.25) is 4.90 Å². The van der Waals surface area contributed by atoms with Crippen LogP contribution in [-0.2, 0) is 16.0 Å².